The number of likely N-dealkylation sites (N-methyl/N-ethyl adjacent to an activating group) is 1. The summed E-state index contributed by atoms with van der Waals surface area (Å²) >= 11 is 0. The largest absolute Gasteiger partial charge is 0.354 e. The minimum atomic E-state index is 0. The third kappa shape index (κ3) is 4.67. The second kappa shape index (κ2) is 8.70. The Morgan fingerprint density at radius 1 is 1.36 bits per heavy atom. The smallest absolute Gasteiger partial charge is 0.193 e. The molecule has 2 aliphatic rings. The molecule has 1 unspecified atom stereocenters. The van der Waals surface area contributed by atoms with E-state index < -0.39 is 0 Å². The molecule has 1 saturated carbocycles. The van der Waals surface area contributed by atoms with E-state index in [2.05, 4.69) is 45.5 Å². The molecule has 1 aliphatic heterocycles. The molecule has 7 heteroatoms. The Bertz CT molecular complexity index is 576. The van der Waals surface area contributed by atoms with E-state index in [1.807, 2.05) is 25.0 Å². The number of hydrogen-bond acceptors (Lipinski definition) is 3. The zero-order valence-electron chi connectivity index (χ0n) is 16.0. The van der Waals surface area contributed by atoms with E-state index in [1.54, 1.807) is 0 Å². The molecule has 0 aromatic carbocycles. The maximum absolute atomic E-state index is 4.55. The van der Waals surface area contributed by atoms with Crippen molar-refractivity contribution in [2.75, 3.05) is 40.8 Å². The quantitative estimate of drug-likeness (QED) is 0.426. The minimum Gasteiger partial charge on any atom is -0.354 e. The lowest BCUT2D eigenvalue weighted by Gasteiger charge is -2.29. The monoisotopic (exact) mass is 460 g/mol. The summed E-state index contributed by atoms with van der Waals surface area (Å²) in [6.07, 6.45) is 11.0. The molecule has 1 aromatic rings. The number of nitrogens with zero attached hydrogens (tertiary/aromatic N) is 5. The molecule has 1 saturated heterocycles. The fourth-order valence-corrected chi connectivity index (χ4v) is 4.38. The van der Waals surface area contributed by atoms with Gasteiger partial charge in [-0.25, -0.2) is 0 Å². The molecule has 6 nitrogen and oxygen atoms in total. The first-order valence-corrected chi connectivity index (χ1v) is 9.14. The van der Waals surface area contributed by atoms with Gasteiger partial charge < -0.3 is 15.1 Å². The molecule has 1 aromatic heterocycles. The number of rotatable bonds is 4. The Balaban J connectivity index is 0.00000225. The maximum atomic E-state index is 4.55. The summed E-state index contributed by atoms with van der Waals surface area (Å²) in [7, 11) is 8.10. The van der Waals surface area contributed by atoms with Crippen molar-refractivity contribution in [1.29, 1.82) is 0 Å². The molecule has 1 spiro atoms. The van der Waals surface area contributed by atoms with Crippen molar-refractivity contribution in [3.63, 3.8) is 0 Å². The molecule has 25 heavy (non-hydrogen) atoms. The summed E-state index contributed by atoms with van der Waals surface area (Å²) in [6.45, 7) is 3.15. The molecule has 2 heterocycles. The second-order valence-corrected chi connectivity index (χ2v) is 7.73. The highest BCUT2D eigenvalue weighted by Gasteiger charge is 2.41. The number of nitrogens with one attached hydrogen (secondary N) is 1. The highest BCUT2D eigenvalue weighted by molar-refractivity contribution is 14.0. The van der Waals surface area contributed by atoms with Gasteiger partial charge in [-0.2, -0.15) is 5.10 Å². The Hall–Kier alpha value is -0.830. The lowest BCUT2D eigenvalue weighted by Crippen LogP contribution is -2.44. The molecule has 142 valence electrons. The van der Waals surface area contributed by atoms with Gasteiger partial charge in [0.05, 0.1) is 12.2 Å². The third-order valence-electron chi connectivity index (χ3n) is 5.80. The summed E-state index contributed by atoms with van der Waals surface area (Å²) in [6, 6.07) is 0.290. The Morgan fingerprint density at radius 3 is 2.64 bits per heavy atom. The van der Waals surface area contributed by atoms with Gasteiger partial charge in [0.2, 0.25) is 0 Å². The predicted octanol–water partition coefficient (Wildman–Crippen LogP) is 2.48. The van der Waals surface area contributed by atoms with Crippen LogP contribution in [-0.2, 0) is 7.05 Å². The standard InChI is InChI=1S/C18H32N6.HI/c1-19-17(24-10-9-18(14-24)7-5-6-8-18)20-12-16(22(2)3)15-11-21-23(4)13-15;/h11,13,16H,5-10,12,14H2,1-4H3,(H,19,20);1H. The maximum Gasteiger partial charge on any atom is 0.193 e. The van der Waals surface area contributed by atoms with E-state index in [0.29, 0.717) is 11.5 Å². The van der Waals surface area contributed by atoms with Crippen LogP contribution in [0.2, 0.25) is 0 Å². The van der Waals surface area contributed by atoms with Crippen LogP contribution in [0.4, 0.5) is 0 Å². The van der Waals surface area contributed by atoms with E-state index in [1.165, 1.54) is 44.2 Å². The van der Waals surface area contributed by atoms with Crippen LogP contribution in [-0.4, -0.2) is 66.3 Å². The van der Waals surface area contributed by atoms with Crippen molar-refractivity contribution < 1.29 is 0 Å². The first-order valence-electron chi connectivity index (χ1n) is 9.14. The zero-order valence-corrected chi connectivity index (χ0v) is 18.4. The molecule has 1 atom stereocenters. The molecular formula is C18H33IN6. The third-order valence-corrected chi connectivity index (χ3v) is 5.80. The van der Waals surface area contributed by atoms with Crippen molar-refractivity contribution >= 4 is 29.9 Å². The van der Waals surface area contributed by atoms with E-state index in [-0.39, 0.29) is 24.0 Å². The van der Waals surface area contributed by atoms with Crippen LogP contribution in [0.3, 0.4) is 0 Å². The topological polar surface area (TPSA) is 48.7 Å². The van der Waals surface area contributed by atoms with Gasteiger partial charge in [0, 0.05) is 45.5 Å². The number of aryl methyl sites for hydroxylation is 1. The first-order chi connectivity index (χ1) is 11.5. The van der Waals surface area contributed by atoms with Crippen molar-refractivity contribution in [2.45, 2.75) is 38.1 Å². The van der Waals surface area contributed by atoms with Gasteiger partial charge in [-0.15, -0.1) is 24.0 Å². The van der Waals surface area contributed by atoms with Crippen LogP contribution in [0.5, 0.6) is 0 Å². The second-order valence-electron chi connectivity index (χ2n) is 7.73. The van der Waals surface area contributed by atoms with E-state index in [9.17, 15) is 0 Å². The minimum absolute atomic E-state index is 0. The number of halogens is 1. The molecular weight excluding hydrogens is 427 g/mol. The van der Waals surface area contributed by atoms with Gasteiger partial charge in [-0.3, -0.25) is 9.67 Å². The SMILES string of the molecule is CN=C(NCC(c1cnn(C)c1)N(C)C)N1CCC2(CCCC2)C1.I. The van der Waals surface area contributed by atoms with Crippen molar-refractivity contribution in [1.82, 2.24) is 24.9 Å². The zero-order chi connectivity index (χ0) is 17.2. The number of aromatic nitrogens is 2. The summed E-state index contributed by atoms with van der Waals surface area (Å²) in [5.74, 6) is 1.05. The number of guanidine groups is 1. The molecule has 2 fully saturated rings. The molecule has 0 radical (unpaired) electrons. The number of hydrogen-bond donors (Lipinski definition) is 1. The Kier molecular flexibility index (Phi) is 7.13. The Morgan fingerprint density at radius 2 is 2.08 bits per heavy atom. The van der Waals surface area contributed by atoms with Crippen molar-refractivity contribution in [2.24, 2.45) is 17.5 Å². The lowest BCUT2D eigenvalue weighted by molar-refractivity contribution is 0.290. The van der Waals surface area contributed by atoms with Gasteiger partial charge in [-0.05, 0) is 38.8 Å². The van der Waals surface area contributed by atoms with E-state index >= 15 is 0 Å². The van der Waals surface area contributed by atoms with Crippen molar-refractivity contribution in [3.8, 4) is 0 Å². The Labute approximate surface area is 169 Å². The normalized spacial score (nSPS) is 21.0. The molecule has 1 N–H and O–H groups in total. The van der Waals surface area contributed by atoms with Gasteiger partial charge in [0.15, 0.2) is 5.96 Å². The van der Waals surface area contributed by atoms with Gasteiger partial charge >= 0.3 is 0 Å². The highest BCUT2D eigenvalue weighted by atomic mass is 127. The molecule has 3 rings (SSSR count). The first kappa shape index (κ1) is 20.5. The predicted molar refractivity (Wildman–Crippen MR) is 114 cm³/mol. The van der Waals surface area contributed by atoms with Crippen LogP contribution in [0.15, 0.2) is 17.4 Å². The summed E-state index contributed by atoms with van der Waals surface area (Å²) < 4.78 is 1.87. The summed E-state index contributed by atoms with van der Waals surface area (Å²) in [4.78, 5) is 9.24. The van der Waals surface area contributed by atoms with Crippen LogP contribution >= 0.6 is 24.0 Å². The summed E-state index contributed by atoms with van der Waals surface area (Å²) in [5, 5.41) is 7.92. The van der Waals surface area contributed by atoms with Crippen LogP contribution < -0.4 is 5.32 Å². The van der Waals surface area contributed by atoms with Crippen LogP contribution in [0.25, 0.3) is 0 Å². The molecule has 0 amide bonds. The van der Waals surface area contributed by atoms with Crippen molar-refractivity contribution in [3.05, 3.63) is 18.0 Å². The van der Waals surface area contributed by atoms with Gasteiger partial charge in [0.25, 0.3) is 0 Å². The average molecular weight is 460 g/mol. The van der Waals surface area contributed by atoms with Crippen LogP contribution in [0, 0.1) is 5.41 Å². The molecule has 0 bridgehead atoms. The fourth-order valence-electron chi connectivity index (χ4n) is 4.38. The lowest BCUT2D eigenvalue weighted by atomic mass is 9.86. The summed E-state index contributed by atoms with van der Waals surface area (Å²) in [5.41, 5.74) is 1.81. The van der Waals surface area contributed by atoms with Gasteiger partial charge in [-0.1, -0.05) is 12.8 Å². The molecule has 1 aliphatic carbocycles. The number of aliphatic imine (C=N–C) groups is 1. The van der Waals surface area contributed by atoms with Crippen LogP contribution in [0.1, 0.15) is 43.7 Å². The average Bonchev–Trinajstić information content (AvgIpc) is 3.27. The van der Waals surface area contributed by atoms with Gasteiger partial charge in [0.1, 0.15) is 0 Å². The number of likely N-dealkylation sites (tertiary alicyclic amines) is 1. The highest BCUT2D eigenvalue weighted by Crippen LogP contribution is 2.45. The fraction of sp³-hybridized carbons (Fsp3) is 0.778. The van der Waals surface area contributed by atoms with E-state index in [0.717, 1.165) is 19.0 Å². The van der Waals surface area contributed by atoms with E-state index in [4.69, 9.17) is 0 Å².